The topological polar surface area (TPSA) is 54.9 Å². The van der Waals surface area contributed by atoms with Crippen LogP contribution in [0.5, 0.6) is 0 Å². The standard InChI is InChI=1S/C16H11Cl2N3OS2/c17-12-7-6-11(8-13(12)18)14(22)19-15-20-21-16(24-15)23-9-10-4-2-1-3-5-10/h1-8H,9H2,(H,19,20,22). The summed E-state index contributed by atoms with van der Waals surface area (Å²) >= 11 is 14.7. The number of nitrogens with zero attached hydrogens (tertiary/aromatic N) is 2. The number of rotatable bonds is 5. The quantitative estimate of drug-likeness (QED) is 0.464. The molecular weight excluding hydrogens is 385 g/mol. The van der Waals surface area contributed by atoms with Crippen molar-refractivity contribution in [3.8, 4) is 0 Å². The van der Waals surface area contributed by atoms with Crippen molar-refractivity contribution in [3.63, 3.8) is 0 Å². The third kappa shape index (κ3) is 4.48. The van der Waals surface area contributed by atoms with Gasteiger partial charge in [-0.15, -0.1) is 10.2 Å². The van der Waals surface area contributed by atoms with E-state index in [0.717, 1.165) is 10.1 Å². The van der Waals surface area contributed by atoms with E-state index in [1.54, 1.807) is 23.9 Å². The van der Waals surface area contributed by atoms with Crippen molar-refractivity contribution in [2.75, 3.05) is 5.32 Å². The molecule has 2 aromatic carbocycles. The van der Waals surface area contributed by atoms with E-state index < -0.39 is 0 Å². The van der Waals surface area contributed by atoms with Crippen LogP contribution in [0.2, 0.25) is 10.0 Å². The van der Waals surface area contributed by atoms with E-state index in [2.05, 4.69) is 27.6 Å². The molecular formula is C16H11Cl2N3OS2. The fraction of sp³-hybridized carbons (Fsp3) is 0.0625. The summed E-state index contributed by atoms with van der Waals surface area (Å²) in [6, 6.07) is 14.8. The normalized spacial score (nSPS) is 10.6. The summed E-state index contributed by atoms with van der Waals surface area (Å²) in [5, 5.41) is 12.0. The van der Waals surface area contributed by atoms with Gasteiger partial charge in [0.2, 0.25) is 5.13 Å². The highest BCUT2D eigenvalue weighted by Crippen LogP contribution is 2.29. The lowest BCUT2D eigenvalue weighted by molar-refractivity contribution is 0.102. The van der Waals surface area contributed by atoms with E-state index >= 15 is 0 Å². The summed E-state index contributed by atoms with van der Waals surface area (Å²) in [5.41, 5.74) is 1.62. The van der Waals surface area contributed by atoms with Crippen LogP contribution in [0.15, 0.2) is 52.9 Å². The minimum Gasteiger partial charge on any atom is -0.296 e. The van der Waals surface area contributed by atoms with Gasteiger partial charge in [-0.05, 0) is 23.8 Å². The van der Waals surface area contributed by atoms with Crippen molar-refractivity contribution in [2.24, 2.45) is 0 Å². The van der Waals surface area contributed by atoms with Gasteiger partial charge in [0.1, 0.15) is 0 Å². The van der Waals surface area contributed by atoms with E-state index in [1.807, 2.05) is 18.2 Å². The number of carbonyl (C=O) groups excluding carboxylic acids is 1. The Hall–Kier alpha value is -1.60. The molecule has 0 saturated carbocycles. The summed E-state index contributed by atoms with van der Waals surface area (Å²) in [6.07, 6.45) is 0. The maximum atomic E-state index is 12.2. The second-order valence-corrected chi connectivity index (χ2v) is 7.74. The smallest absolute Gasteiger partial charge is 0.257 e. The molecule has 0 spiro atoms. The maximum absolute atomic E-state index is 12.2. The molecule has 1 amide bonds. The number of carbonyl (C=O) groups is 1. The summed E-state index contributed by atoms with van der Waals surface area (Å²) in [6.45, 7) is 0. The van der Waals surface area contributed by atoms with Crippen LogP contribution in [0.25, 0.3) is 0 Å². The van der Waals surface area contributed by atoms with Gasteiger partial charge in [0.25, 0.3) is 5.91 Å². The number of aromatic nitrogens is 2. The largest absolute Gasteiger partial charge is 0.296 e. The number of nitrogens with one attached hydrogen (secondary N) is 1. The monoisotopic (exact) mass is 395 g/mol. The van der Waals surface area contributed by atoms with Gasteiger partial charge in [-0.1, -0.05) is 76.6 Å². The molecule has 1 heterocycles. The average molecular weight is 396 g/mol. The van der Waals surface area contributed by atoms with Gasteiger partial charge >= 0.3 is 0 Å². The second-order valence-electron chi connectivity index (χ2n) is 4.73. The highest BCUT2D eigenvalue weighted by Gasteiger charge is 2.12. The number of anilines is 1. The first-order valence-electron chi connectivity index (χ1n) is 6.88. The fourth-order valence-electron chi connectivity index (χ4n) is 1.84. The van der Waals surface area contributed by atoms with Crippen molar-refractivity contribution in [2.45, 2.75) is 10.1 Å². The van der Waals surface area contributed by atoms with E-state index in [4.69, 9.17) is 23.2 Å². The van der Waals surface area contributed by atoms with Crippen LogP contribution < -0.4 is 5.32 Å². The van der Waals surface area contributed by atoms with Gasteiger partial charge < -0.3 is 0 Å². The van der Waals surface area contributed by atoms with Gasteiger partial charge in [-0.3, -0.25) is 10.1 Å². The maximum Gasteiger partial charge on any atom is 0.257 e. The molecule has 0 unspecified atom stereocenters. The Morgan fingerprint density at radius 1 is 1.08 bits per heavy atom. The number of hydrogen-bond acceptors (Lipinski definition) is 5. The molecule has 1 aromatic heterocycles. The van der Waals surface area contributed by atoms with Crippen LogP contribution in [0.3, 0.4) is 0 Å². The number of hydrogen-bond donors (Lipinski definition) is 1. The van der Waals surface area contributed by atoms with Gasteiger partial charge in [-0.2, -0.15) is 0 Å². The Morgan fingerprint density at radius 2 is 1.88 bits per heavy atom. The molecule has 24 heavy (non-hydrogen) atoms. The van der Waals surface area contributed by atoms with Crippen LogP contribution in [0, 0.1) is 0 Å². The highest BCUT2D eigenvalue weighted by atomic mass is 35.5. The molecule has 3 rings (SSSR count). The summed E-state index contributed by atoms with van der Waals surface area (Å²) in [4.78, 5) is 12.2. The average Bonchev–Trinajstić information content (AvgIpc) is 3.04. The van der Waals surface area contributed by atoms with Crippen LogP contribution in [0.1, 0.15) is 15.9 Å². The highest BCUT2D eigenvalue weighted by molar-refractivity contribution is 8.00. The molecule has 1 N–H and O–H groups in total. The predicted octanol–water partition coefficient (Wildman–Crippen LogP) is 5.39. The summed E-state index contributed by atoms with van der Waals surface area (Å²) in [7, 11) is 0. The molecule has 0 aliphatic carbocycles. The zero-order valence-electron chi connectivity index (χ0n) is 12.2. The van der Waals surface area contributed by atoms with Crippen molar-refractivity contribution in [1.29, 1.82) is 0 Å². The Bertz CT molecular complexity index is 856. The third-order valence-corrected chi connectivity index (χ3v) is 5.80. The molecule has 0 aliphatic rings. The molecule has 4 nitrogen and oxygen atoms in total. The fourth-order valence-corrected chi connectivity index (χ4v) is 3.85. The molecule has 122 valence electrons. The number of benzene rings is 2. The van der Waals surface area contributed by atoms with Crippen molar-refractivity contribution < 1.29 is 4.79 Å². The van der Waals surface area contributed by atoms with E-state index in [0.29, 0.717) is 20.7 Å². The molecule has 0 atom stereocenters. The first kappa shape index (κ1) is 17.2. The van der Waals surface area contributed by atoms with Crippen LogP contribution in [-0.4, -0.2) is 16.1 Å². The van der Waals surface area contributed by atoms with Crippen LogP contribution in [0.4, 0.5) is 5.13 Å². The predicted molar refractivity (Wildman–Crippen MR) is 100 cm³/mol. The van der Waals surface area contributed by atoms with Crippen LogP contribution >= 0.6 is 46.3 Å². The van der Waals surface area contributed by atoms with Crippen molar-refractivity contribution in [3.05, 3.63) is 69.7 Å². The van der Waals surface area contributed by atoms with E-state index in [9.17, 15) is 4.79 Å². The molecule has 0 fully saturated rings. The lowest BCUT2D eigenvalue weighted by Gasteiger charge is -2.02. The lowest BCUT2D eigenvalue weighted by atomic mass is 10.2. The Morgan fingerprint density at radius 3 is 2.62 bits per heavy atom. The number of halogens is 2. The third-order valence-electron chi connectivity index (χ3n) is 3.01. The minimum atomic E-state index is -0.302. The zero-order valence-corrected chi connectivity index (χ0v) is 15.3. The SMILES string of the molecule is O=C(Nc1nnc(SCc2ccccc2)s1)c1ccc(Cl)c(Cl)c1. The summed E-state index contributed by atoms with van der Waals surface area (Å²) in [5.74, 6) is 0.500. The zero-order chi connectivity index (χ0) is 16.9. The Kier molecular flexibility index (Phi) is 5.73. The number of amides is 1. The van der Waals surface area contributed by atoms with Gasteiger partial charge in [0, 0.05) is 11.3 Å². The molecule has 8 heteroatoms. The first-order valence-corrected chi connectivity index (χ1v) is 9.44. The van der Waals surface area contributed by atoms with Crippen molar-refractivity contribution >= 4 is 57.3 Å². The molecule has 3 aromatic rings. The Labute approximate surface area is 157 Å². The number of thioether (sulfide) groups is 1. The molecule has 0 bridgehead atoms. The van der Waals surface area contributed by atoms with Gasteiger partial charge in [0.05, 0.1) is 10.0 Å². The lowest BCUT2D eigenvalue weighted by Crippen LogP contribution is -2.11. The Balaban J connectivity index is 1.61. The summed E-state index contributed by atoms with van der Waals surface area (Å²) < 4.78 is 0.795. The minimum absolute atomic E-state index is 0.302. The first-order chi connectivity index (χ1) is 11.6. The van der Waals surface area contributed by atoms with Crippen LogP contribution in [-0.2, 0) is 5.75 Å². The van der Waals surface area contributed by atoms with Gasteiger partial charge in [-0.25, -0.2) is 0 Å². The van der Waals surface area contributed by atoms with E-state index in [1.165, 1.54) is 23.0 Å². The molecule has 0 saturated heterocycles. The molecule has 0 aliphatic heterocycles. The second kappa shape index (κ2) is 7.98. The van der Waals surface area contributed by atoms with Gasteiger partial charge in [0.15, 0.2) is 4.34 Å². The van der Waals surface area contributed by atoms with E-state index in [-0.39, 0.29) is 5.91 Å². The van der Waals surface area contributed by atoms with Crippen molar-refractivity contribution in [1.82, 2.24) is 10.2 Å². The molecule has 0 radical (unpaired) electrons.